The fraction of sp³-hybridized carbons (Fsp3) is 0.368. The van der Waals surface area contributed by atoms with Gasteiger partial charge < -0.3 is 15.4 Å². The molecule has 1 atom stereocenters. The number of fused-ring (bicyclic) bond motifs is 1. The first-order valence-electron chi connectivity index (χ1n) is 8.50. The largest absolute Gasteiger partial charge is 0.494 e. The molecule has 1 unspecified atom stereocenters. The Morgan fingerprint density at radius 3 is 3.04 bits per heavy atom. The number of hydrogen-bond donors (Lipinski definition) is 2. The van der Waals surface area contributed by atoms with Crippen LogP contribution in [-0.4, -0.2) is 24.3 Å². The van der Waals surface area contributed by atoms with Gasteiger partial charge in [0.15, 0.2) is 5.78 Å². The average molecular weight is 344 g/mol. The maximum atomic E-state index is 14.0. The van der Waals surface area contributed by atoms with Crippen LogP contribution >= 0.6 is 0 Å². The van der Waals surface area contributed by atoms with Crippen molar-refractivity contribution in [2.75, 3.05) is 6.61 Å². The zero-order valence-corrected chi connectivity index (χ0v) is 14.1. The number of allylic oxidation sites excluding steroid dienone is 1. The number of benzene rings is 1. The summed E-state index contributed by atoms with van der Waals surface area (Å²) in [5.74, 6) is -0.757. The molecule has 0 radical (unpaired) electrons. The standard InChI is InChI=1S/C19H21FN2O3/c1-2-25-13-8-7-12(16(20)9-13)10-22-19(24)15-11-21-17-6-4-3-5-14(17)18(15)23/h5,7-9,11,17,21H,2-4,6,10H2,1H3,(H,22,24). The van der Waals surface area contributed by atoms with Gasteiger partial charge in [0, 0.05) is 29.9 Å². The number of halogens is 1. The van der Waals surface area contributed by atoms with E-state index in [2.05, 4.69) is 10.6 Å². The highest BCUT2D eigenvalue weighted by Crippen LogP contribution is 2.25. The summed E-state index contributed by atoms with van der Waals surface area (Å²) in [6.45, 7) is 2.28. The van der Waals surface area contributed by atoms with Gasteiger partial charge in [-0.25, -0.2) is 4.39 Å². The highest BCUT2D eigenvalue weighted by Gasteiger charge is 2.31. The number of hydrogen-bond acceptors (Lipinski definition) is 4. The number of rotatable bonds is 5. The van der Waals surface area contributed by atoms with Gasteiger partial charge in [0.2, 0.25) is 0 Å². The van der Waals surface area contributed by atoms with Crippen LogP contribution in [0.5, 0.6) is 5.75 Å². The lowest BCUT2D eigenvalue weighted by atomic mass is 9.86. The predicted octanol–water partition coefficient (Wildman–Crippen LogP) is 2.38. The van der Waals surface area contributed by atoms with Gasteiger partial charge in [0.05, 0.1) is 12.6 Å². The van der Waals surface area contributed by atoms with Crippen molar-refractivity contribution in [1.82, 2.24) is 10.6 Å². The Morgan fingerprint density at radius 2 is 2.28 bits per heavy atom. The molecule has 0 bridgehead atoms. The molecule has 0 aromatic heterocycles. The van der Waals surface area contributed by atoms with Crippen LogP contribution in [0.3, 0.4) is 0 Å². The Kier molecular flexibility index (Phi) is 5.16. The number of carbonyl (C=O) groups excluding carboxylic acids is 2. The van der Waals surface area contributed by atoms with Crippen LogP contribution in [0, 0.1) is 5.82 Å². The molecule has 0 saturated carbocycles. The second-order valence-electron chi connectivity index (χ2n) is 6.07. The molecule has 2 N–H and O–H groups in total. The molecule has 1 aliphatic heterocycles. The van der Waals surface area contributed by atoms with Crippen molar-refractivity contribution in [1.29, 1.82) is 0 Å². The third-order valence-electron chi connectivity index (χ3n) is 4.39. The van der Waals surface area contributed by atoms with Crippen molar-refractivity contribution in [2.45, 2.75) is 38.8 Å². The lowest BCUT2D eigenvalue weighted by Gasteiger charge is -2.28. The second kappa shape index (κ2) is 7.51. The van der Waals surface area contributed by atoms with Crippen molar-refractivity contribution in [2.24, 2.45) is 0 Å². The SMILES string of the molecule is CCOc1ccc(CNC(=O)C2=CNC3CCCC=C3C2=O)c(F)c1. The van der Waals surface area contributed by atoms with E-state index in [0.29, 0.717) is 23.5 Å². The molecule has 0 spiro atoms. The van der Waals surface area contributed by atoms with Gasteiger partial charge >= 0.3 is 0 Å². The third-order valence-corrected chi connectivity index (χ3v) is 4.39. The minimum atomic E-state index is -0.504. The normalized spacial score (nSPS) is 19.3. The molecule has 1 aromatic carbocycles. The van der Waals surface area contributed by atoms with E-state index in [1.54, 1.807) is 12.1 Å². The summed E-state index contributed by atoms with van der Waals surface area (Å²) in [6.07, 6.45) is 6.14. The van der Waals surface area contributed by atoms with E-state index in [1.165, 1.54) is 12.3 Å². The minimum absolute atomic E-state index is 0.00125. The molecule has 0 fully saturated rings. The lowest BCUT2D eigenvalue weighted by Crippen LogP contribution is -2.41. The Labute approximate surface area is 145 Å². The van der Waals surface area contributed by atoms with Gasteiger partial charge in [-0.05, 0) is 32.3 Å². The van der Waals surface area contributed by atoms with Crippen LogP contribution in [0.1, 0.15) is 31.7 Å². The van der Waals surface area contributed by atoms with E-state index in [-0.39, 0.29) is 23.9 Å². The highest BCUT2D eigenvalue weighted by atomic mass is 19.1. The fourth-order valence-corrected chi connectivity index (χ4v) is 3.07. The van der Waals surface area contributed by atoms with E-state index in [9.17, 15) is 14.0 Å². The molecule has 1 amide bonds. The molecule has 5 nitrogen and oxygen atoms in total. The molecule has 132 valence electrons. The Balaban J connectivity index is 1.65. The summed E-state index contributed by atoms with van der Waals surface area (Å²) >= 11 is 0. The Hall–Kier alpha value is -2.63. The summed E-state index contributed by atoms with van der Waals surface area (Å²) in [6, 6.07) is 4.50. The monoisotopic (exact) mass is 344 g/mol. The van der Waals surface area contributed by atoms with Gasteiger partial charge in [-0.2, -0.15) is 0 Å². The van der Waals surface area contributed by atoms with Gasteiger partial charge in [-0.1, -0.05) is 12.1 Å². The van der Waals surface area contributed by atoms with Crippen LogP contribution in [0.4, 0.5) is 4.39 Å². The number of Topliss-reactive ketones (excluding diaryl/α,β-unsaturated/α-hetero) is 1. The molecule has 25 heavy (non-hydrogen) atoms. The number of carbonyl (C=O) groups is 2. The maximum Gasteiger partial charge on any atom is 0.257 e. The summed E-state index contributed by atoms with van der Waals surface area (Å²) in [7, 11) is 0. The summed E-state index contributed by atoms with van der Waals surface area (Å²) in [4.78, 5) is 24.8. The van der Waals surface area contributed by atoms with Crippen molar-refractivity contribution in [3.63, 3.8) is 0 Å². The predicted molar refractivity (Wildman–Crippen MR) is 91.4 cm³/mol. The number of ketones is 1. The number of ether oxygens (including phenoxy) is 1. The first kappa shape index (κ1) is 17.2. The molecule has 1 aliphatic carbocycles. The van der Waals surface area contributed by atoms with Crippen LogP contribution in [0.25, 0.3) is 0 Å². The molecular formula is C19H21FN2O3. The Bertz CT molecular complexity index is 755. The second-order valence-corrected chi connectivity index (χ2v) is 6.07. The lowest BCUT2D eigenvalue weighted by molar-refractivity contribution is -0.121. The van der Waals surface area contributed by atoms with Gasteiger partial charge in [0.25, 0.3) is 5.91 Å². The summed E-state index contributed by atoms with van der Waals surface area (Å²) in [5.41, 5.74) is 1.06. The molecule has 2 aliphatic rings. The van der Waals surface area contributed by atoms with Gasteiger partial charge in [-0.15, -0.1) is 0 Å². The van der Waals surface area contributed by atoms with Crippen molar-refractivity contribution in [3.8, 4) is 5.75 Å². The van der Waals surface area contributed by atoms with Gasteiger partial charge in [-0.3, -0.25) is 9.59 Å². The maximum absolute atomic E-state index is 14.0. The van der Waals surface area contributed by atoms with Crippen LogP contribution in [0.15, 0.2) is 41.6 Å². The number of amides is 1. The van der Waals surface area contributed by atoms with E-state index in [4.69, 9.17) is 4.74 Å². The molecule has 3 rings (SSSR count). The van der Waals surface area contributed by atoms with E-state index in [0.717, 1.165) is 19.3 Å². The molecule has 6 heteroatoms. The van der Waals surface area contributed by atoms with Crippen LogP contribution in [-0.2, 0) is 16.1 Å². The smallest absolute Gasteiger partial charge is 0.257 e. The van der Waals surface area contributed by atoms with Crippen molar-refractivity contribution in [3.05, 3.63) is 53.0 Å². The van der Waals surface area contributed by atoms with E-state index in [1.807, 2.05) is 13.0 Å². The van der Waals surface area contributed by atoms with Crippen molar-refractivity contribution >= 4 is 11.7 Å². The summed E-state index contributed by atoms with van der Waals surface area (Å²) < 4.78 is 19.3. The fourth-order valence-electron chi connectivity index (χ4n) is 3.07. The van der Waals surface area contributed by atoms with Crippen LogP contribution in [0.2, 0.25) is 0 Å². The molecular weight excluding hydrogens is 323 g/mol. The first-order chi connectivity index (χ1) is 12.1. The van der Waals surface area contributed by atoms with Crippen molar-refractivity contribution < 1.29 is 18.7 Å². The number of nitrogens with one attached hydrogen (secondary N) is 2. The zero-order chi connectivity index (χ0) is 17.8. The Morgan fingerprint density at radius 1 is 1.44 bits per heavy atom. The zero-order valence-electron chi connectivity index (χ0n) is 14.1. The van der Waals surface area contributed by atoms with Crippen LogP contribution < -0.4 is 15.4 Å². The third kappa shape index (κ3) is 3.73. The molecule has 0 saturated heterocycles. The quantitative estimate of drug-likeness (QED) is 0.805. The highest BCUT2D eigenvalue weighted by molar-refractivity contribution is 6.26. The summed E-state index contributed by atoms with van der Waals surface area (Å²) in [5, 5.41) is 5.72. The topological polar surface area (TPSA) is 67.4 Å². The first-order valence-corrected chi connectivity index (χ1v) is 8.50. The minimum Gasteiger partial charge on any atom is -0.494 e. The molecule has 1 heterocycles. The van der Waals surface area contributed by atoms with E-state index >= 15 is 0 Å². The average Bonchev–Trinajstić information content (AvgIpc) is 2.61. The van der Waals surface area contributed by atoms with E-state index < -0.39 is 11.7 Å². The van der Waals surface area contributed by atoms with Gasteiger partial charge in [0.1, 0.15) is 17.1 Å². The molecule has 1 aromatic rings.